The minimum absolute atomic E-state index is 0.202. The van der Waals surface area contributed by atoms with Crippen LogP contribution in [0.1, 0.15) is 21.5 Å². The average Bonchev–Trinajstić information content (AvgIpc) is 2.80. The van der Waals surface area contributed by atoms with Crippen LogP contribution in [0.5, 0.6) is 0 Å². The van der Waals surface area contributed by atoms with Gasteiger partial charge in [0.2, 0.25) is 0 Å². The number of amides is 1. The highest BCUT2D eigenvalue weighted by atomic mass is 32.2. The Balaban J connectivity index is 2.23. The smallest absolute Gasteiger partial charge is 0.330 e. The number of benzene rings is 2. The normalized spacial score (nSPS) is 15.1. The number of fused-ring (bicyclic) bond motifs is 1. The maximum Gasteiger partial charge on any atom is 0.330 e. The number of rotatable bonds is 3. The summed E-state index contributed by atoms with van der Waals surface area (Å²) < 4.78 is 0. The summed E-state index contributed by atoms with van der Waals surface area (Å²) in [5.74, 6) is -1.28. The van der Waals surface area contributed by atoms with Crippen molar-refractivity contribution in [3.8, 4) is 0 Å². The van der Waals surface area contributed by atoms with Crippen molar-refractivity contribution in [3.63, 3.8) is 0 Å². The predicted octanol–water partition coefficient (Wildman–Crippen LogP) is 3.80. The lowest BCUT2D eigenvalue weighted by Crippen LogP contribution is -2.23. The lowest BCUT2D eigenvalue weighted by atomic mass is 10.1. The fourth-order valence-electron chi connectivity index (χ4n) is 2.71. The van der Waals surface area contributed by atoms with Gasteiger partial charge < -0.3 is 5.11 Å². The third kappa shape index (κ3) is 2.64. The molecule has 0 atom stereocenters. The molecule has 4 nitrogen and oxygen atoms in total. The third-order valence-electron chi connectivity index (χ3n) is 3.71. The van der Waals surface area contributed by atoms with E-state index in [4.69, 9.17) is 0 Å². The molecule has 2 aromatic carbocycles. The van der Waals surface area contributed by atoms with Crippen LogP contribution in [-0.2, 0) is 4.79 Å². The first-order valence-corrected chi connectivity index (χ1v) is 8.28. The summed E-state index contributed by atoms with van der Waals surface area (Å²) in [6.45, 7) is 1.98. The lowest BCUT2D eigenvalue weighted by molar-refractivity contribution is -0.131. The molecule has 0 spiro atoms. The highest BCUT2D eigenvalue weighted by Gasteiger charge is 2.34. The summed E-state index contributed by atoms with van der Waals surface area (Å²) in [7, 11) is 0. The van der Waals surface area contributed by atoms with E-state index >= 15 is 0 Å². The predicted molar refractivity (Wildman–Crippen MR) is 91.8 cm³/mol. The van der Waals surface area contributed by atoms with Gasteiger partial charge in [-0.3, -0.25) is 9.69 Å². The summed E-state index contributed by atoms with van der Waals surface area (Å²) in [5, 5.41) is 9.20. The topological polar surface area (TPSA) is 57.6 Å². The second-order valence-electron chi connectivity index (χ2n) is 5.23. The van der Waals surface area contributed by atoms with Gasteiger partial charge in [0.05, 0.1) is 11.4 Å². The molecule has 1 aliphatic heterocycles. The van der Waals surface area contributed by atoms with E-state index < -0.39 is 5.97 Å². The number of carbonyl (C=O) groups is 2. The number of nitrogens with zero attached hydrogens (tertiary/aromatic N) is 1. The molecule has 0 aliphatic carbocycles. The van der Waals surface area contributed by atoms with Gasteiger partial charge in [0, 0.05) is 22.1 Å². The Labute approximate surface area is 138 Å². The highest BCUT2D eigenvalue weighted by molar-refractivity contribution is 7.98. The van der Waals surface area contributed by atoms with Crippen LogP contribution in [0.25, 0.3) is 5.70 Å². The van der Waals surface area contributed by atoms with Gasteiger partial charge in [-0.15, -0.1) is 11.8 Å². The van der Waals surface area contributed by atoms with E-state index in [0.29, 0.717) is 22.5 Å². The maximum atomic E-state index is 12.8. The van der Waals surface area contributed by atoms with Crippen molar-refractivity contribution in [1.82, 2.24) is 0 Å². The van der Waals surface area contributed by atoms with Gasteiger partial charge in [0.1, 0.15) is 0 Å². The Morgan fingerprint density at radius 1 is 1.17 bits per heavy atom. The molecule has 0 bridgehead atoms. The standard InChI is InChI=1S/C18H15NO3S/c1-11-7-8-14(16(9-11)23-2)19-15(10-17(20)21)12-5-3-4-6-13(12)18(19)22/h3-10H,1-2H3,(H,20,21)/b15-10+. The van der Waals surface area contributed by atoms with Gasteiger partial charge in [0.25, 0.3) is 5.91 Å². The molecule has 0 saturated carbocycles. The van der Waals surface area contributed by atoms with E-state index in [9.17, 15) is 14.7 Å². The fourth-order valence-corrected chi connectivity index (χ4v) is 3.38. The maximum absolute atomic E-state index is 12.8. The van der Waals surface area contributed by atoms with Gasteiger partial charge in [-0.25, -0.2) is 4.79 Å². The quantitative estimate of drug-likeness (QED) is 0.689. The Morgan fingerprint density at radius 2 is 1.87 bits per heavy atom. The van der Waals surface area contributed by atoms with Crippen LogP contribution in [0, 0.1) is 6.92 Å². The Kier molecular flexibility index (Phi) is 3.96. The molecule has 0 radical (unpaired) electrons. The molecule has 1 aliphatic rings. The highest BCUT2D eigenvalue weighted by Crippen LogP contribution is 2.40. The van der Waals surface area contributed by atoms with Crippen molar-refractivity contribution in [2.75, 3.05) is 11.2 Å². The van der Waals surface area contributed by atoms with E-state index in [-0.39, 0.29) is 5.91 Å². The molecule has 23 heavy (non-hydrogen) atoms. The van der Waals surface area contributed by atoms with Crippen LogP contribution in [0.4, 0.5) is 5.69 Å². The van der Waals surface area contributed by atoms with E-state index in [1.54, 1.807) is 24.3 Å². The number of hydrogen-bond acceptors (Lipinski definition) is 3. The molecule has 3 rings (SSSR count). The molecule has 0 aromatic heterocycles. The molecule has 0 fully saturated rings. The van der Waals surface area contributed by atoms with Crippen LogP contribution < -0.4 is 4.90 Å². The van der Waals surface area contributed by atoms with Gasteiger partial charge in [-0.05, 0) is 36.9 Å². The fraction of sp³-hybridized carbons (Fsp3) is 0.111. The van der Waals surface area contributed by atoms with Gasteiger partial charge in [-0.1, -0.05) is 24.3 Å². The number of thioether (sulfide) groups is 1. The zero-order valence-electron chi connectivity index (χ0n) is 12.7. The summed E-state index contributed by atoms with van der Waals surface area (Å²) in [6.07, 6.45) is 3.03. The van der Waals surface area contributed by atoms with Crippen molar-refractivity contribution in [2.45, 2.75) is 11.8 Å². The van der Waals surface area contributed by atoms with Crippen molar-refractivity contribution < 1.29 is 14.7 Å². The molecular weight excluding hydrogens is 310 g/mol. The minimum atomic E-state index is -1.08. The first-order chi connectivity index (χ1) is 11.0. The Hall–Kier alpha value is -2.53. The largest absolute Gasteiger partial charge is 0.478 e. The Bertz CT molecular complexity index is 842. The summed E-state index contributed by atoms with van der Waals surface area (Å²) in [6, 6.07) is 12.9. The number of carboxylic acids is 1. The molecular formula is C18H15NO3S. The molecule has 2 aromatic rings. The number of aliphatic carboxylic acids is 1. The van der Waals surface area contributed by atoms with Crippen LogP contribution in [0.2, 0.25) is 0 Å². The van der Waals surface area contributed by atoms with Crippen LogP contribution >= 0.6 is 11.8 Å². The van der Waals surface area contributed by atoms with Crippen molar-refractivity contribution >= 4 is 35.0 Å². The van der Waals surface area contributed by atoms with Crippen LogP contribution in [-0.4, -0.2) is 23.2 Å². The molecule has 0 saturated heterocycles. The SMILES string of the molecule is CSc1cc(C)ccc1N1C(=O)c2ccccc2/C1=C\C(=O)O. The van der Waals surface area contributed by atoms with Gasteiger partial charge in [-0.2, -0.15) is 0 Å². The zero-order valence-corrected chi connectivity index (χ0v) is 13.6. The number of aryl methyl sites for hydroxylation is 1. The molecule has 116 valence electrons. The first-order valence-electron chi connectivity index (χ1n) is 7.06. The van der Waals surface area contributed by atoms with Crippen LogP contribution in [0.15, 0.2) is 53.4 Å². The number of anilines is 1. The van der Waals surface area contributed by atoms with E-state index in [0.717, 1.165) is 16.5 Å². The number of hydrogen-bond donors (Lipinski definition) is 1. The van der Waals surface area contributed by atoms with Crippen LogP contribution in [0.3, 0.4) is 0 Å². The van der Waals surface area contributed by atoms with E-state index in [1.807, 2.05) is 31.4 Å². The molecule has 5 heteroatoms. The van der Waals surface area contributed by atoms with E-state index in [1.165, 1.54) is 16.7 Å². The molecule has 1 heterocycles. The molecule has 1 N–H and O–H groups in total. The van der Waals surface area contributed by atoms with Crippen molar-refractivity contribution in [2.24, 2.45) is 0 Å². The monoisotopic (exact) mass is 325 g/mol. The summed E-state index contributed by atoms with van der Waals surface area (Å²) in [5.41, 5.74) is 3.36. The van der Waals surface area contributed by atoms with Crippen molar-refractivity contribution in [3.05, 3.63) is 65.2 Å². The zero-order chi connectivity index (χ0) is 16.6. The first kappa shape index (κ1) is 15.4. The van der Waals surface area contributed by atoms with Gasteiger partial charge >= 0.3 is 5.97 Å². The molecule has 0 unspecified atom stereocenters. The second kappa shape index (κ2) is 5.93. The minimum Gasteiger partial charge on any atom is -0.478 e. The summed E-state index contributed by atoms with van der Waals surface area (Å²) >= 11 is 1.53. The molecule has 1 amide bonds. The Morgan fingerprint density at radius 3 is 2.52 bits per heavy atom. The van der Waals surface area contributed by atoms with E-state index in [2.05, 4.69) is 0 Å². The number of carboxylic acid groups (broad SMARTS) is 1. The lowest BCUT2D eigenvalue weighted by Gasteiger charge is -2.21. The third-order valence-corrected chi connectivity index (χ3v) is 4.48. The average molecular weight is 325 g/mol. The van der Waals surface area contributed by atoms with Crippen molar-refractivity contribution in [1.29, 1.82) is 0 Å². The second-order valence-corrected chi connectivity index (χ2v) is 6.08. The van der Waals surface area contributed by atoms with Gasteiger partial charge in [0.15, 0.2) is 0 Å². The summed E-state index contributed by atoms with van der Waals surface area (Å²) in [4.78, 5) is 26.5. The number of carbonyl (C=O) groups excluding carboxylic acids is 1.